The standard InChI is InChI=1S/C17H25N7O3S/c1-22(2)14-6-4-12(5-7-14)15(25)24-16(18)20-17(21-24)19-13-8-10-23(11-9-13)28(3,26)27/h4-7,13H,8-11H2,1-3H3,(H3,18,19,20,21). The summed E-state index contributed by atoms with van der Waals surface area (Å²) in [4.78, 5) is 18.7. The number of piperidine rings is 1. The molecular formula is C17H25N7O3S. The number of carbonyl (C=O) groups excluding carboxylic acids is 1. The zero-order valence-electron chi connectivity index (χ0n) is 16.2. The summed E-state index contributed by atoms with van der Waals surface area (Å²) < 4.78 is 25.7. The van der Waals surface area contributed by atoms with Gasteiger partial charge in [0.25, 0.3) is 5.91 Å². The Morgan fingerprint density at radius 1 is 1.21 bits per heavy atom. The second-order valence-corrected chi connectivity index (χ2v) is 9.01. The first-order chi connectivity index (χ1) is 13.1. The third kappa shape index (κ3) is 4.42. The van der Waals surface area contributed by atoms with Gasteiger partial charge >= 0.3 is 0 Å². The molecule has 0 radical (unpaired) electrons. The molecule has 0 bridgehead atoms. The van der Waals surface area contributed by atoms with Crippen molar-refractivity contribution in [3.05, 3.63) is 29.8 Å². The third-order valence-electron chi connectivity index (χ3n) is 4.71. The van der Waals surface area contributed by atoms with E-state index >= 15 is 0 Å². The van der Waals surface area contributed by atoms with Gasteiger partial charge in [0.15, 0.2) is 0 Å². The molecule has 1 aliphatic heterocycles. The van der Waals surface area contributed by atoms with E-state index in [4.69, 9.17) is 5.73 Å². The summed E-state index contributed by atoms with van der Waals surface area (Å²) in [5.74, 6) is -0.110. The maximum atomic E-state index is 12.7. The van der Waals surface area contributed by atoms with Gasteiger partial charge in [-0.15, -0.1) is 5.10 Å². The van der Waals surface area contributed by atoms with E-state index in [-0.39, 0.29) is 23.8 Å². The van der Waals surface area contributed by atoms with Crippen molar-refractivity contribution in [2.24, 2.45) is 0 Å². The van der Waals surface area contributed by atoms with E-state index in [2.05, 4.69) is 15.4 Å². The molecule has 28 heavy (non-hydrogen) atoms. The first-order valence-electron chi connectivity index (χ1n) is 8.91. The van der Waals surface area contributed by atoms with Crippen molar-refractivity contribution in [1.29, 1.82) is 0 Å². The van der Waals surface area contributed by atoms with Crippen molar-refractivity contribution in [1.82, 2.24) is 19.1 Å². The second kappa shape index (κ2) is 7.76. The molecule has 152 valence electrons. The molecule has 1 fully saturated rings. The molecular weight excluding hydrogens is 382 g/mol. The Bertz CT molecular complexity index is 946. The number of hydrogen-bond donors (Lipinski definition) is 2. The summed E-state index contributed by atoms with van der Waals surface area (Å²) in [5.41, 5.74) is 7.31. The summed E-state index contributed by atoms with van der Waals surface area (Å²) in [6.45, 7) is 0.869. The van der Waals surface area contributed by atoms with Gasteiger partial charge in [-0.05, 0) is 37.1 Å². The zero-order valence-corrected chi connectivity index (χ0v) is 17.0. The van der Waals surface area contributed by atoms with Crippen LogP contribution >= 0.6 is 0 Å². The molecule has 0 amide bonds. The zero-order chi connectivity index (χ0) is 20.5. The highest BCUT2D eigenvalue weighted by molar-refractivity contribution is 7.88. The lowest BCUT2D eigenvalue weighted by atomic mass is 10.1. The number of aromatic nitrogens is 3. The van der Waals surface area contributed by atoms with Gasteiger partial charge in [-0.1, -0.05) is 0 Å². The fraction of sp³-hybridized carbons (Fsp3) is 0.471. The Morgan fingerprint density at radius 3 is 2.36 bits per heavy atom. The summed E-state index contributed by atoms with van der Waals surface area (Å²) in [6.07, 6.45) is 2.46. The molecule has 1 aromatic heterocycles. The smallest absolute Gasteiger partial charge is 0.281 e. The van der Waals surface area contributed by atoms with Crippen LogP contribution in [-0.2, 0) is 10.0 Å². The normalized spacial score (nSPS) is 16.1. The van der Waals surface area contributed by atoms with E-state index in [0.717, 1.165) is 10.4 Å². The van der Waals surface area contributed by atoms with Crippen LogP contribution in [0.5, 0.6) is 0 Å². The average molecular weight is 408 g/mol. The van der Waals surface area contributed by atoms with Crippen LogP contribution in [0.25, 0.3) is 0 Å². The molecule has 3 rings (SSSR count). The van der Waals surface area contributed by atoms with Crippen molar-refractivity contribution >= 4 is 33.5 Å². The minimum Gasteiger partial charge on any atom is -0.378 e. The predicted molar refractivity (Wildman–Crippen MR) is 108 cm³/mol. The topological polar surface area (TPSA) is 126 Å². The molecule has 1 saturated heterocycles. The number of nitrogens with zero attached hydrogens (tertiary/aromatic N) is 5. The molecule has 0 aliphatic carbocycles. The van der Waals surface area contributed by atoms with E-state index in [1.54, 1.807) is 12.1 Å². The Balaban J connectivity index is 1.67. The third-order valence-corrected chi connectivity index (χ3v) is 6.01. The van der Waals surface area contributed by atoms with Crippen LogP contribution in [0.3, 0.4) is 0 Å². The van der Waals surface area contributed by atoms with E-state index in [1.165, 1.54) is 10.6 Å². The minimum absolute atomic E-state index is 0.00208. The van der Waals surface area contributed by atoms with E-state index < -0.39 is 10.0 Å². The Hall–Kier alpha value is -2.66. The average Bonchev–Trinajstić information content (AvgIpc) is 3.01. The minimum atomic E-state index is -3.17. The molecule has 11 heteroatoms. The Kier molecular flexibility index (Phi) is 5.57. The number of carbonyl (C=O) groups is 1. The summed E-state index contributed by atoms with van der Waals surface area (Å²) in [5, 5.41) is 7.32. The monoisotopic (exact) mass is 407 g/mol. The van der Waals surface area contributed by atoms with Gasteiger partial charge in [-0.3, -0.25) is 4.79 Å². The molecule has 0 unspecified atom stereocenters. The number of nitrogens with two attached hydrogens (primary N) is 1. The van der Waals surface area contributed by atoms with Crippen molar-refractivity contribution in [3.63, 3.8) is 0 Å². The Labute approximate surface area is 164 Å². The van der Waals surface area contributed by atoms with E-state index in [0.29, 0.717) is 31.5 Å². The maximum absolute atomic E-state index is 12.7. The fourth-order valence-corrected chi connectivity index (χ4v) is 3.95. The van der Waals surface area contributed by atoms with Crippen molar-refractivity contribution in [3.8, 4) is 0 Å². The van der Waals surface area contributed by atoms with Crippen LogP contribution in [0, 0.1) is 0 Å². The van der Waals surface area contributed by atoms with Gasteiger partial charge < -0.3 is 16.0 Å². The van der Waals surface area contributed by atoms with Crippen molar-refractivity contribution in [2.75, 3.05) is 49.4 Å². The lowest BCUT2D eigenvalue weighted by Crippen LogP contribution is -2.42. The SMILES string of the molecule is CN(C)c1ccc(C(=O)n2nc(NC3CCN(S(C)(=O)=O)CC3)nc2N)cc1. The molecule has 0 atom stereocenters. The highest BCUT2D eigenvalue weighted by Gasteiger charge is 2.26. The number of anilines is 3. The molecule has 10 nitrogen and oxygen atoms in total. The van der Waals surface area contributed by atoms with Crippen LogP contribution in [0.15, 0.2) is 24.3 Å². The predicted octanol–water partition coefficient (Wildman–Crippen LogP) is 0.451. The fourth-order valence-electron chi connectivity index (χ4n) is 3.07. The number of nitrogen functional groups attached to an aromatic ring is 1. The van der Waals surface area contributed by atoms with Gasteiger partial charge in [-0.2, -0.15) is 9.67 Å². The second-order valence-electron chi connectivity index (χ2n) is 7.03. The number of rotatable bonds is 5. The lowest BCUT2D eigenvalue weighted by Gasteiger charge is -2.30. The van der Waals surface area contributed by atoms with Gasteiger partial charge in [-0.25, -0.2) is 12.7 Å². The molecule has 2 aromatic rings. The van der Waals surface area contributed by atoms with Gasteiger partial charge in [0.1, 0.15) is 0 Å². The molecule has 3 N–H and O–H groups in total. The molecule has 1 aliphatic rings. The summed E-state index contributed by atoms with van der Waals surface area (Å²) >= 11 is 0. The molecule has 0 saturated carbocycles. The van der Waals surface area contributed by atoms with Crippen LogP contribution < -0.4 is 16.0 Å². The van der Waals surface area contributed by atoms with Crippen LogP contribution in [-0.4, -0.2) is 72.9 Å². The van der Waals surface area contributed by atoms with Crippen molar-refractivity contribution in [2.45, 2.75) is 18.9 Å². The van der Waals surface area contributed by atoms with Gasteiger partial charge in [0.2, 0.25) is 21.9 Å². The highest BCUT2D eigenvalue weighted by Crippen LogP contribution is 2.18. The highest BCUT2D eigenvalue weighted by atomic mass is 32.2. The first-order valence-corrected chi connectivity index (χ1v) is 10.8. The van der Waals surface area contributed by atoms with Crippen LogP contribution in [0.2, 0.25) is 0 Å². The van der Waals surface area contributed by atoms with Gasteiger partial charge in [0.05, 0.1) is 6.26 Å². The molecule has 0 spiro atoms. The summed E-state index contributed by atoms with van der Waals surface area (Å²) in [7, 11) is 0.670. The molecule has 2 heterocycles. The Morgan fingerprint density at radius 2 is 1.82 bits per heavy atom. The quantitative estimate of drug-likeness (QED) is 0.732. The lowest BCUT2D eigenvalue weighted by molar-refractivity contribution is 0.0948. The number of hydrogen-bond acceptors (Lipinski definition) is 8. The van der Waals surface area contributed by atoms with E-state index in [9.17, 15) is 13.2 Å². The number of benzene rings is 1. The van der Waals surface area contributed by atoms with Crippen molar-refractivity contribution < 1.29 is 13.2 Å². The number of sulfonamides is 1. The molecule has 1 aromatic carbocycles. The largest absolute Gasteiger partial charge is 0.378 e. The first kappa shape index (κ1) is 20.1. The number of nitrogens with one attached hydrogen (secondary N) is 1. The van der Waals surface area contributed by atoms with Gasteiger partial charge in [0, 0.05) is 44.5 Å². The van der Waals surface area contributed by atoms with Crippen LogP contribution in [0.4, 0.5) is 17.6 Å². The van der Waals surface area contributed by atoms with E-state index in [1.807, 2.05) is 31.1 Å². The van der Waals surface area contributed by atoms with Crippen LogP contribution in [0.1, 0.15) is 23.2 Å². The summed E-state index contributed by atoms with van der Waals surface area (Å²) in [6, 6.07) is 7.13. The maximum Gasteiger partial charge on any atom is 0.281 e.